The largest absolute Gasteiger partial charge is 0.378 e. The lowest BCUT2D eigenvalue weighted by molar-refractivity contribution is 0.0593. The molecule has 5 heteroatoms. The molecule has 1 heterocycles. The highest BCUT2D eigenvalue weighted by molar-refractivity contribution is 7.11. The van der Waals surface area contributed by atoms with Crippen LogP contribution in [0.3, 0.4) is 0 Å². The Morgan fingerprint density at radius 3 is 2.58 bits per heavy atom. The van der Waals surface area contributed by atoms with Gasteiger partial charge in [-0.1, -0.05) is 20.8 Å². The molecule has 0 aliphatic heterocycles. The molecule has 0 aliphatic rings. The maximum atomic E-state index is 5.74. The molecule has 0 bridgehead atoms. The number of nitrogens with zero attached hydrogens (tertiary/aromatic N) is 1. The first kappa shape index (κ1) is 16.6. The van der Waals surface area contributed by atoms with Crippen molar-refractivity contribution < 1.29 is 9.47 Å². The Labute approximate surface area is 120 Å². The molecule has 4 nitrogen and oxygen atoms in total. The lowest BCUT2D eigenvalue weighted by atomic mass is 10.3. The van der Waals surface area contributed by atoms with Crippen LogP contribution in [0.1, 0.15) is 55.8 Å². The van der Waals surface area contributed by atoms with E-state index in [1.807, 2.05) is 6.92 Å². The van der Waals surface area contributed by atoms with Crippen LogP contribution >= 0.6 is 11.3 Å². The predicted molar refractivity (Wildman–Crippen MR) is 79.5 cm³/mol. The summed E-state index contributed by atoms with van der Waals surface area (Å²) in [6, 6.07) is 0.467. The molecule has 1 unspecified atom stereocenters. The summed E-state index contributed by atoms with van der Waals surface area (Å²) in [4.78, 5) is 5.95. The molecule has 0 saturated carbocycles. The first-order chi connectivity index (χ1) is 9.12. The van der Waals surface area contributed by atoms with Crippen molar-refractivity contribution in [1.82, 2.24) is 10.3 Å². The van der Waals surface area contributed by atoms with Gasteiger partial charge in [-0.25, -0.2) is 4.98 Å². The summed E-state index contributed by atoms with van der Waals surface area (Å²) in [5.41, 5.74) is 1.04. The van der Waals surface area contributed by atoms with Gasteiger partial charge >= 0.3 is 0 Å². The van der Waals surface area contributed by atoms with Crippen LogP contribution < -0.4 is 5.32 Å². The van der Waals surface area contributed by atoms with E-state index in [2.05, 4.69) is 26.1 Å². The van der Waals surface area contributed by atoms with E-state index in [9.17, 15) is 0 Å². The van der Waals surface area contributed by atoms with E-state index in [0.717, 1.165) is 30.3 Å². The third kappa shape index (κ3) is 5.18. The van der Waals surface area contributed by atoms with Gasteiger partial charge in [0.25, 0.3) is 0 Å². The Kier molecular flexibility index (Phi) is 7.53. The molecular weight excluding hydrogens is 260 g/mol. The van der Waals surface area contributed by atoms with Crippen LogP contribution in [0.4, 0.5) is 0 Å². The zero-order valence-corrected chi connectivity index (χ0v) is 13.5. The number of ether oxygens (including phenoxy) is 2. The molecule has 1 aromatic rings. The van der Waals surface area contributed by atoms with E-state index in [1.165, 1.54) is 4.88 Å². The molecule has 0 saturated heterocycles. The van der Waals surface area contributed by atoms with Gasteiger partial charge < -0.3 is 14.8 Å². The number of nitrogens with one attached hydrogen (secondary N) is 1. The molecule has 19 heavy (non-hydrogen) atoms. The monoisotopic (exact) mass is 286 g/mol. The Hall–Kier alpha value is -0.490. The van der Waals surface area contributed by atoms with Gasteiger partial charge in [0, 0.05) is 31.2 Å². The average Bonchev–Trinajstić information content (AvgIpc) is 2.77. The molecule has 1 rings (SSSR count). The molecule has 1 N–H and O–H groups in total. The molecular formula is C14H26N2O2S. The van der Waals surface area contributed by atoms with Gasteiger partial charge in [0.2, 0.25) is 0 Å². The minimum absolute atomic E-state index is 0.110. The molecule has 0 aliphatic carbocycles. The quantitative estimate of drug-likeness (QED) is 0.756. The highest BCUT2D eigenvalue weighted by Crippen LogP contribution is 2.28. The van der Waals surface area contributed by atoms with Crippen molar-refractivity contribution in [1.29, 1.82) is 0 Å². The van der Waals surface area contributed by atoms with E-state index in [4.69, 9.17) is 14.5 Å². The molecule has 1 aromatic heterocycles. The maximum Gasteiger partial charge on any atom is 0.122 e. The van der Waals surface area contributed by atoms with Crippen LogP contribution in [-0.4, -0.2) is 24.7 Å². The Bertz CT molecular complexity index is 366. The summed E-state index contributed by atoms with van der Waals surface area (Å²) in [5, 5.41) is 4.50. The molecule has 0 aromatic carbocycles. The first-order valence-corrected chi connectivity index (χ1v) is 7.76. The Morgan fingerprint density at radius 1 is 1.32 bits per heavy atom. The standard InChI is InChI=1S/C14H26N2O2S/c1-6-12(18-7-2)14-16-11(9-17-5)13(19-14)8-15-10(3)4/h10,12,15H,6-9H2,1-5H3. The summed E-state index contributed by atoms with van der Waals surface area (Å²) in [5.74, 6) is 0. The van der Waals surface area contributed by atoms with Gasteiger partial charge in [-0.15, -0.1) is 11.3 Å². The second kappa shape index (κ2) is 8.64. The van der Waals surface area contributed by atoms with Crippen molar-refractivity contribution in [3.8, 4) is 0 Å². The van der Waals surface area contributed by atoms with Crippen molar-refractivity contribution in [2.75, 3.05) is 13.7 Å². The van der Waals surface area contributed by atoms with Gasteiger partial charge in [0.15, 0.2) is 0 Å². The summed E-state index contributed by atoms with van der Waals surface area (Å²) in [6.07, 6.45) is 1.06. The number of methoxy groups -OCH3 is 1. The SMILES string of the molecule is CCOC(CC)c1nc(COC)c(CNC(C)C)s1. The van der Waals surface area contributed by atoms with Crippen LogP contribution in [0.15, 0.2) is 0 Å². The van der Waals surface area contributed by atoms with Gasteiger partial charge in [-0.3, -0.25) is 0 Å². The van der Waals surface area contributed by atoms with Crippen LogP contribution in [0, 0.1) is 0 Å². The second-order valence-corrected chi connectivity index (χ2v) is 5.86. The van der Waals surface area contributed by atoms with Crippen molar-refractivity contribution in [3.63, 3.8) is 0 Å². The lowest BCUT2D eigenvalue weighted by Gasteiger charge is -2.11. The van der Waals surface area contributed by atoms with E-state index in [0.29, 0.717) is 12.6 Å². The van der Waals surface area contributed by atoms with Crippen LogP contribution in [0.25, 0.3) is 0 Å². The third-order valence-corrected chi connectivity index (χ3v) is 3.95. The van der Waals surface area contributed by atoms with Crippen molar-refractivity contribution in [2.45, 2.75) is 59.4 Å². The normalized spacial score (nSPS) is 13.2. The molecule has 110 valence electrons. The highest BCUT2D eigenvalue weighted by atomic mass is 32.1. The molecule has 0 fully saturated rings. The Morgan fingerprint density at radius 2 is 2.05 bits per heavy atom. The average molecular weight is 286 g/mol. The summed E-state index contributed by atoms with van der Waals surface area (Å²) in [7, 11) is 1.71. The smallest absolute Gasteiger partial charge is 0.122 e. The molecule has 0 radical (unpaired) electrons. The molecule has 1 atom stereocenters. The van der Waals surface area contributed by atoms with E-state index >= 15 is 0 Å². The fraction of sp³-hybridized carbons (Fsp3) is 0.786. The molecule has 0 spiro atoms. The number of hydrogen-bond acceptors (Lipinski definition) is 5. The number of aromatic nitrogens is 1. The lowest BCUT2D eigenvalue weighted by Crippen LogP contribution is -2.21. The minimum atomic E-state index is 0.110. The van der Waals surface area contributed by atoms with Crippen molar-refractivity contribution >= 4 is 11.3 Å². The van der Waals surface area contributed by atoms with Crippen LogP contribution in [0.5, 0.6) is 0 Å². The van der Waals surface area contributed by atoms with Crippen molar-refractivity contribution in [3.05, 3.63) is 15.6 Å². The second-order valence-electron chi connectivity index (χ2n) is 4.74. The number of rotatable bonds is 9. The maximum absolute atomic E-state index is 5.74. The van der Waals surface area contributed by atoms with Gasteiger partial charge in [-0.05, 0) is 13.3 Å². The summed E-state index contributed by atoms with van der Waals surface area (Å²) >= 11 is 1.74. The summed E-state index contributed by atoms with van der Waals surface area (Å²) in [6.45, 7) is 10.6. The van der Waals surface area contributed by atoms with Gasteiger partial charge in [-0.2, -0.15) is 0 Å². The van der Waals surface area contributed by atoms with E-state index in [1.54, 1.807) is 18.4 Å². The zero-order valence-electron chi connectivity index (χ0n) is 12.7. The third-order valence-electron chi connectivity index (χ3n) is 2.76. The molecule has 0 amide bonds. The van der Waals surface area contributed by atoms with E-state index in [-0.39, 0.29) is 6.10 Å². The number of thiazole rings is 1. The minimum Gasteiger partial charge on any atom is -0.378 e. The summed E-state index contributed by atoms with van der Waals surface area (Å²) < 4.78 is 11.0. The fourth-order valence-electron chi connectivity index (χ4n) is 1.79. The first-order valence-electron chi connectivity index (χ1n) is 6.94. The predicted octanol–water partition coefficient (Wildman–Crippen LogP) is 3.28. The highest BCUT2D eigenvalue weighted by Gasteiger charge is 2.18. The fourth-order valence-corrected chi connectivity index (χ4v) is 2.94. The van der Waals surface area contributed by atoms with Crippen molar-refractivity contribution in [2.24, 2.45) is 0 Å². The van der Waals surface area contributed by atoms with Gasteiger partial charge in [0.1, 0.15) is 11.1 Å². The number of hydrogen-bond donors (Lipinski definition) is 1. The van der Waals surface area contributed by atoms with E-state index < -0.39 is 0 Å². The zero-order chi connectivity index (χ0) is 14.3. The van der Waals surface area contributed by atoms with Crippen LogP contribution in [0.2, 0.25) is 0 Å². The van der Waals surface area contributed by atoms with Gasteiger partial charge in [0.05, 0.1) is 12.3 Å². The topological polar surface area (TPSA) is 43.4 Å². The van der Waals surface area contributed by atoms with Crippen LogP contribution in [-0.2, 0) is 22.6 Å². The Balaban J connectivity index is 2.85.